The predicted molar refractivity (Wildman–Crippen MR) is 150 cm³/mol. The number of amides is 2. The van der Waals surface area contributed by atoms with Crippen LogP contribution in [0.15, 0.2) is 67.0 Å². The summed E-state index contributed by atoms with van der Waals surface area (Å²) >= 11 is 0. The molecule has 0 spiro atoms. The maximum absolute atomic E-state index is 13.7. The number of aromatic nitrogens is 2. The number of anilines is 1. The number of hydrogen-bond donors (Lipinski definition) is 2. The lowest BCUT2D eigenvalue weighted by molar-refractivity contribution is -0.137. The average Bonchev–Trinajstić information content (AvgIpc) is 3.37. The summed E-state index contributed by atoms with van der Waals surface area (Å²) < 4.78 is 42.8. The van der Waals surface area contributed by atoms with Gasteiger partial charge in [-0.15, -0.1) is 0 Å². The lowest BCUT2D eigenvalue weighted by Crippen LogP contribution is -2.43. The van der Waals surface area contributed by atoms with Gasteiger partial charge in [-0.25, -0.2) is 4.98 Å². The third-order valence-corrected chi connectivity index (χ3v) is 7.28. The number of nitrogens with zero attached hydrogens (tertiary/aromatic N) is 4. The van der Waals surface area contributed by atoms with Gasteiger partial charge in [-0.3, -0.25) is 18.9 Å². The van der Waals surface area contributed by atoms with Crippen molar-refractivity contribution < 1.29 is 22.8 Å². The van der Waals surface area contributed by atoms with Gasteiger partial charge in [0.1, 0.15) is 11.3 Å². The van der Waals surface area contributed by atoms with Gasteiger partial charge in [0.25, 0.3) is 11.8 Å². The van der Waals surface area contributed by atoms with Crippen LogP contribution >= 0.6 is 0 Å². The first kappa shape index (κ1) is 28.3. The molecule has 2 aromatic carbocycles. The summed E-state index contributed by atoms with van der Waals surface area (Å²) in [5.41, 5.74) is 2.62. The highest BCUT2D eigenvalue weighted by atomic mass is 19.4. The lowest BCUT2D eigenvalue weighted by atomic mass is 10.0. The zero-order valence-corrected chi connectivity index (χ0v) is 22.8. The van der Waals surface area contributed by atoms with Crippen molar-refractivity contribution in [1.29, 1.82) is 0 Å². The normalized spacial score (nSPS) is 14.8. The number of piperazine rings is 1. The summed E-state index contributed by atoms with van der Waals surface area (Å²) in [5, 5.41) is 5.50. The Balaban J connectivity index is 1.30. The number of fused-ring (bicyclic) bond motifs is 1. The molecule has 0 unspecified atom stereocenters. The smallest absolute Gasteiger partial charge is 0.347 e. The van der Waals surface area contributed by atoms with Gasteiger partial charge in [0, 0.05) is 56.7 Å². The Morgan fingerprint density at radius 1 is 0.976 bits per heavy atom. The molecular formula is C30H31F3N6O2. The molecule has 0 atom stereocenters. The quantitative estimate of drug-likeness (QED) is 0.343. The molecule has 8 nitrogen and oxygen atoms in total. The van der Waals surface area contributed by atoms with Gasteiger partial charge in [0.2, 0.25) is 0 Å². The van der Waals surface area contributed by atoms with Crippen molar-refractivity contribution in [3.8, 4) is 0 Å². The topological polar surface area (TPSA) is 82.0 Å². The molecule has 4 aromatic rings. The molecule has 0 aliphatic carbocycles. The van der Waals surface area contributed by atoms with E-state index >= 15 is 0 Å². The van der Waals surface area contributed by atoms with Gasteiger partial charge in [-0.1, -0.05) is 12.1 Å². The highest BCUT2D eigenvalue weighted by molar-refractivity contribution is 6.04. The van der Waals surface area contributed by atoms with Crippen molar-refractivity contribution in [3.05, 3.63) is 101 Å². The number of likely N-dealkylation sites (N-methyl/N-ethyl adjacent to an activating group) is 1. The van der Waals surface area contributed by atoms with Crippen LogP contribution in [0.1, 0.15) is 43.1 Å². The Hall–Kier alpha value is -4.22. The number of carbonyl (C=O) groups excluding carboxylic acids is 2. The largest absolute Gasteiger partial charge is 0.416 e. The minimum absolute atomic E-state index is 0.0805. The molecule has 214 valence electrons. The molecule has 2 amide bonds. The van der Waals surface area contributed by atoms with Crippen LogP contribution in [0.3, 0.4) is 0 Å². The Labute approximate surface area is 235 Å². The third-order valence-electron chi connectivity index (χ3n) is 7.28. The molecule has 2 N–H and O–H groups in total. The van der Waals surface area contributed by atoms with E-state index < -0.39 is 17.6 Å². The summed E-state index contributed by atoms with van der Waals surface area (Å²) in [6.07, 6.45) is -1.31. The van der Waals surface area contributed by atoms with Gasteiger partial charge >= 0.3 is 6.18 Å². The zero-order valence-electron chi connectivity index (χ0n) is 22.8. The minimum Gasteiger partial charge on any atom is -0.347 e. The number of carbonyl (C=O) groups is 2. The Bertz CT molecular complexity index is 1570. The van der Waals surface area contributed by atoms with Gasteiger partial charge in [-0.05, 0) is 73.1 Å². The summed E-state index contributed by atoms with van der Waals surface area (Å²) in [6.45, 7) is 5.58. The number of alkyl halides is 3. The van der Waals surface area contributed by atoms with E-state index in [1.807, 2.05) is 20.0 Å². The van der Waals surface area contributed by atoms with Gasteiger partial charge in [0.15, 0.2) is 0 Å². The van der Waals surface area contributed by atoms with E-state index in [0.29, 0.717) is 29.0 Å². The fraction of sp³-hybridized carbons (Fsp3) is 0.300. The Kier molecular flexibility index (Phi) is 8.09. The van der Waals surface area contributed by atoms with Gasteiger partial charge in [-0.2, -0.15) is 13.2 Å². The maximum atomic E-state index is 13.7. The van der Waals surface area contributed by atoms with Crippen LogP contribution in [-0.2, 0) is 19.3 Å². The van der Waals surface area contributed by atoms with E-state index in [9.17, 15) is 22.8 Å². The maximum Gasteiger partial charge on any atom is 0.416 e. The van der Waals surface area contributed by atoms with Crippen molar-refractivity contribution in [2.75, 3.05) is 38.5 Å². The highest BCUT2D eigenvalue weighted by Crippen LogP contribution is 2.32. The summed E-state index contributed by atoms with van der Waals surface area (Å²) in [4.78, 5) is 34.5. The number of nitrogens with one attached hydrogen (secondary N) is 2. The second-order valence-electron chi connectivity index (χ2n) is 10.3. The van der Waals surface area contributed by atoms with Crippen molar-refractivity contribution in [1.82, 2.24) is 24.5 Å². The van der Waals surface area contributed by atoms with Gasteiger partial charge < -0.3 is 15.5 Å². The number of aryl methyl sites for hydroxylation is 1. The molecule has 3 heterocycles. The first-order chi connectivity index (χ1) is 19.6. The fourth-order valence-electron chi connectivity index (χ4n) is 4.86. The average molecular weight is 565 g/mol. The molecule has 0 radical (unpaired) electrons. The van der Waals surface area contributed by atoms with Crippen molar-refractivity contribution in [3.63, 3.8) is 0 Å². The molecule has 1 saturated heterocycles. The van der Waals surface area contributed by atoms with Crippen LogP contribution < -0.4 is 10.6 Å². The molecule has 41 heavy (non-hydrogen) atoms. The second-order valence-corrected chi connectivity index (χ2v) is 10.3. The van der Waals surface area contributed by atoms with Crippen molar-refractivity contribution in [2.45, 2.75) is 26.2 Å². The van der Waals surface area contributed by atoms with Crippen LogP contribution in [0.25, 0.3) is 5.65 Å². The molecule has 5 rings (SSSR count). The summed E-state index contributed by atoms with van der Waals surface area (Å²) in [6, 6.07) is 14.1. The standard InChI is InChI=1S/C30H31F3N6O2/c1-20-6-7-22(15-23(20)17-35-29(41)26-18-34-27-5-3-4-8-39(26)27)28(40)36-25-14-21(13-24(16-25)30(31,32)33)19-38-11-9-37(2)10-12-38/h3-8,13-16,18H,9-12,17,19H2,1-2H3,(H,35,41)(H,36,40). The van der Waals surface area contributed by atoms with Crippen LogP contribution in [0.2, 0.25) is 0 Å². The monoisotopic (exact) mass is 564 g/mol. The number of rotatable bonds is 7. The molecule has 1 fully saturated rings. The number of benzene rings is 2. The fourth-order valence-corrected chi connectivity index (χ4v) is 4.86. The SMILES string of the molecule is Cc1ccc(C(=O)Nc2cc(CN3CCN(C)CC3)cc(C(F)(F)F)c2)cc1CNC(=O)c1cnc2ccccn12. The molecule has 2 aromatic heterocycles. The number of imidazole rings is 1. The van der Waals surface area contributed by atoms with Crippen molar-refractivity contribution >= 4 is 23.1 Å². The third kappa shape index (κ3) is 6.75. The Morgan fingerprint density at radius 2 is 1.76 bits per heavy atom. The van der Waals surface area contributed by atoms with E-state index in [0.717, 1.165) is 43.9 Å². The van der Waals surface area contributed by atoms with E-state index in [-0.39, 0.29) is 23.7 Å². The first-order valence-corrected chi connectivity index (χ1v) is 13.3. The van der Waals surface area contributed by atoms with Gasteiger partial charge in [0.05, 0.1) is 11.8 Å². The van der Waals surface area contributed by atoms with Crippen LogP contribution in [0.4, 0.5) is 18.9 Å². The minimum atomic E-state index is -4.55. The van der Waals surface area contributed by atoms with Crippen LogP contribution in [0, 0.1) is 6.92 Å². The molecule has 0 bridgehead atoms. The molecule has 11 heteroatoms. The highest BCUT2D eigenvalue weighted by Gasteiger charge is 2.31. The predicted octanol–water partition coefficient (Wildman–Crippen LogP) is 4.59. The first-order valence-electron chi connectivity index (χ1n) is 13.3. The zero-order chi connectivity index (χ0) is 29.1. The van der Waals surface area contributed by atoms with E-state index in [4.69, 9.17) is 0 Å². The van der Waals surface area contributed by atoms with Crippen LogP contribution in [-0.4, -0.2) is 64.2 Å². The Morgan fingerprint density at radius 3 is 2.51 bits per heavy atom. The molecule has 1 aliphatic heterocycles. The van der Waals surface area contributed by atoms with E-state index in [1.165, 1.54) is 6.20 Å². The van der Waals surface area contributed by atoms with E-state index in [2.05, 4.69) is 25.4 Å². The number of pyridine rings is 1. The molecule has 0 saturated carbocycles. The molecule has 1 aliphatic rings. The summed E-state index contributed by atoms with van der Waals surface area (Å²) in [5.74, 6) is -0.862. The number of hydrogen-bond acceptors (Lipinski definition) is 5. The number of halogens is 3. The van der Waals surface area contributed by atoms with Crippen LogP contribution in [0.5, 0.6) is 0 Å². The van der Waals surface area contributed by atoms with Crippen molar-refractivity contribution in [2.24, 2.45) is 0 Å². The lowest BCUT2D eigenvalue weighted by Gasteiger charge is -2.32. The van der Waals surface area contributed by atoms with E-state index in [1.54, 1.807) is 47.0 Å². The second kappa shape index (κ2) is 11.7. The molecular weight excluding hydrogens is 533 g/mol. The summed E-state index contributed by atoms with van der Waals surface area (Å²) in [7, 11) is 2.02.